The highest BCUT2D eigenvalue weighted by atomic mass is 16.5. The summed E-state index contributed by atoms with van der Waals surface area (Å²) >= 11 is 0. The molecule has 0 aromatic heterocycles. The lowest BCUT2D eigenvalue weighted by molar-refractivity contribution is -0.0136. The Morgan fingerprint density at radius 3 is 2.05 bits per heavy atom. The van der Waals surface area contributed by atoms with Crippen LogP contribution in [0.25, 0.3) is 0 Å². The molecule has 0 atom stereocenters. The summed E-state index contributed by atoms with van der Waals surface area (Å²) in [6.45, 7) is 6.77. The number of rotatable bonds is 5. The van der Waals surface area contributed by atoms with E-state index in [-0.39, 0.29) is 0 Å². The summed E-state index contributed by atoms with van der Waals surface area (Å²) in [5.74, 6) is 2.06. The molecular weight excluding hydrogens is 266 g/mol. The molecule has 0 unspecified atom stereocenters. The van der Waals surface area contributed by atoms with Crippen molar-refractivity contribution in [2.24, 2.45) is 5.92 Å². The van der Waals surface area contributed by atoms with Gasteiger partial charge in [0.2, 0.25) is 0 Å². The molecule has 0 aliphatic carbocycles. The first-order valence-corrected chi connectivity index (χ1v) is 7.59. The first kappa shape index (κ1) is 16.1. The Balaban J connectivity index is 1.97. The molecule has 1 aliphatic heterocycles. The molecule has 0 amide bonds. The Morgan fingerprint density at radius 1 is 1.10 bits per heavy atom. The third-order valence-corrected chi connectivity index (χ3v) is 4.40. The monoisotopic (exact) mass is 293 g/mol. The molecule has 0 radical (unpaired) electrons. The lowest BCUT2D eigenvalue weighted by Gasteiger charge is -2.37. The maximum atomic E-state index is 10.1. The predicted molar refractivity (Wildman–Crippen MR) is 83.8 cm³/mol. The Morgan fingerprint density at radius 2 is 1.62 bits per heavy atom. The van der Waals surface area contributed by atoms with Crippen LogP contribution < -0.4 is 9.47 Å². The first-order chi connectivity index (χ1) is 9.92. The van der Waals surface area contributed by atoms with Crippen LogP contribution in [0.1, 0.15) is 32.3 Å². The van der Waals surface area contributed by atoms with Gasteiger partial charge in [0.25, 0.3) is 0 Å². The maximum Gasteiger partial charge on any atom is 0.122 e. The molecule has 1 heterocycles. The first-order valence-electron chi connectivity index (χ1n) is 7.59. The van der Waals surface area contributed by atoms with Crippen LogP contribution in [-0.2, 0) is 6.54 Å². The van der Waals surface area contributed by atoms with Crippen LogP contribution in [0.3, 0.4) is 0 Å². The number of likely N-dealkylation sites (tertiary alicyclic amines) is 1. The summed E-state index contributed by atoms with van der Waals surface area (Å²) in [4.78, 5) is 2.43. The molecule has 4 nitrogen and oxygen atoms in total. The number of piperidine rings is 1. The molecule has 2 rings (SSSR count). The average Bonchev–Trinajstić information content (AvgIpc) is 2.46. The van der Waals surface area contributed by atoms with Gasteiger partial charge in [0.15, 0.2) is 0 Å². The molecule has 1 aliphatic rings. The molecule has 0 spiro atoms. The highest BCUT2D eigenvalue weighted by Gasteiger charge is 2.30. The fourth-order valence-electron chi connectivity index (χ4n) is 3.01. The molecule has 21 heavy (non-hydrogen) atoms. The summed E-state index contributed by atoms with van der Waals surface area (Å²) in [6, 6.07) is 6.01. The van der Waals surface area contributed by atoms with Crippen molar-refractivity contribution in [1.29, 1.82) is 0 Å². The van der Waals surface area contributed by atoms with Gasteiger partial charge in [0, 0.05) is 12.6 Å². The van der Waals surface area contributed by atoms with Crippen molar-refractivity contribution in [3.8, 4) is 11.5 Å². The van der Waals surface area contributed by atoms with E-state index in [1.54, 1.807) is 14.2 Å². The summed E-state index contributed by atoms with van der Waals surface area (Å²) in [5.41, 5.74) is 0.638. The minimum atomic E-state index is -0.564. The zero-order valence-corrected chi connectivity index (χ0v) is 13.6. The maximum absolute atomic E-state index is 10.1. The molecule has 0 bridgehead atoms. The third kappa shape index (κ3) is 4.35. The average molecular weight is 293 g/mol. The minimum Gasteiger partial charge on any atom is -0.497 e. The molecule has 118 valence electrons. The zero-order valence-electron chi connectivity index (χ0n) is 13.6. The Bertz CT molecular complexity index is 437. The van der Waals surface area contributed by atoms with Gasteiger partial charge in [0.1, 0.15) is 11.5 Å². The Kier molecular flexibility index (Phi) is 5.12. The van der Waals surface area contributed by atoms with E-state index in [1.807, 2.05) is 19.9 Å². The SMILES string of the molecule is COc1cc(CN2CCC(C(C)(C)O)CC2)cc(OC)c1. The highest BCUT2D eigenvalue weighted by Crippen LogP contribution is 2.29. The molecule has 1 fully saturated rings. The van der Waals surface area contributed by atoms with E-state index in [2.05, 4.69) is 17.0 Å². The second-order valence-electron chi connectivity index (χ2n) is 6.42. The minimum absolute atomic E-state index is 0.397. The molecule has 1 saturated heterocycles. The summed E-state index contributed by atoms with van der Waals surface area (Å²) < 4.78 is 10.6. The van der Waals surface area contributed by atoms with Gasteiger partial charge in [-0.2, -0.15) is 0 Å². The van der Waals surface area contributed by atoms with Crippen molar-refractivity contribution in [3.05, 3.63) is 23.8 Å². The fourth-order valence-corrected chi connectivity index (χ4v) is 3.01. The van der Waals surface area contributed by atoms with Crippen LogP contribution in [0.2, 0.25) is 0 Å². The van der Waals surface area contributed by atoms with E-state index in [4.69, 9.17) is 9.47 Å². The molecule has 4 heteroatoms. The lowest BCUT2D eigenvalue weighted by Crippen LogP contribution is -2.41. The summed E-state index contributed by atoms with van der Waals surface area (Å²) in [6.07, 6.45) is 2.09. The normalized spacial score (nSPS) is 17.8. The molecule has 1 aromatic rings. The van der Waals surface area contributed by atoms with Crippen LogP contribution in [0.4, 0.5) is 0 Å². The van der Waals surface area contributed by atoms with Gasteiger partial charge < -0.3 is 14.6 Å². The van der Waals surface area contributed by atoms with E-state index in [0.717, 1.165) is 44.0 Å². The second-order valence-corrected chi connectivity index (χ2v) is 6.42. The van der Waals surface area contributed by atoms with Crippen LogP contribution in [0.15, 0.2) is 18.2 Å². The zero-order chi connectivity index (χ0) is 15.5. The smallest absolute Gasteiger partial charge is 0.122 e. The van der Waals surface area contributed by atoms with E-state index in [9.17, 15) is 5.11 Å². The second kappa shape index (κ2) is 6.67. The lowest BCUT2D eigenvalue weighted by atomic mass is 9.83. The van der Waals surface area contributed by atoms with Crippen molar-refractivity contribution >= 4 is 0 Å². The van der Waals surface area contributed by atoms with E-state index >= 15 is 0 Å². The summed E-state index contributed by atoms with van der Waals surface area (Å²) in [7, 11) is 3.35. The van der Waals surface area contributed by atoms with Gasteiger partial charge in [-0.1, -0.05) is 0 Å². The Hall–Kier alpha value is -1.26. The van der Waals surface area contributed by atoms with Gasteiger partial charge in [-0.25, -0.2) is 0 Å². The van der Waals surface area contributed by atoms with Crippen molar-refractivity contribution in [2.75, 3.05) is 27.3 Å². The van der Waals surface area contributed by atoms with Gasteiger partial charge in [-0.15, -0.1) is 0 Å². The number of methoxy groups -OCH3 is 2. The number of hydrogen-bond donors (Lipinski definition) is 1. The van der Waals surface area contributed by atoms with Gasteiger partial charge in [-0.3, -0.25) is 4.90 Å². The van der Waals surface area contributed by atoms with E-state index in [1.165, 1.54) is 5.56 Å². The molecule has 1 aromatic carbocycles. The van der Waals surface area contributed by atoms with Crippen molar-refractivity contribution < 1.29 is 14.6 Å². The topological polar surface area (TPSA) is 41.9 Å². The standard InChI is InChI=1S/C17H27NO3/c1-17(2,19)14-5-7-18(8-6-14)12-13-9-15(20-3)11-16(10-13)21-4/h9-11,14,19H,5-8,12H2,1-4H3. The van der Waals surface area contributed by atoms with Crippen molar-refractivity contribution in [2.45, 2.75) is 38.8 Å². The number of nitrogens with zero attached hydrogens (tertiary/aromatic N) is 1. The number of benzene rings is 1. The molecular formula is C17H27NO3. The number of aliphatic hydroxyl groups is 1. The van der Waals surface area contributed by atoms with Gasteiger partial charge in [-0.05, 0) is 63.4 Å². The van der Waals surface area contributed by atoms with Crippen molar-refractivity contribution in [1.82, 2.24) is 4.90 Å². The number of ether oxygens (including phenoxy) is 2. The van der Waals surface area contributed by atoms with E-state index in [0.29, 0.717) is 5.92 Å². The van der Waals surface area contributed by atoms with Gasteiger partial charge >= 0.3 is 0 Å². The number of hydrogen-bond acceptors (Lipinski definition) is 4. The van der Waals surface area contributed by atoms with E-state index < -0.39 is 5.60 Å². The summed E-state index contributed by atoms with van der Waals surface area (Å²) in [5, 5.41) is 10.1. The van der Waals surface area contributed by atoms with Crippen molar-refractivity contribution in [3.63, 3.8) is 0 Å². The predicted octanol–water partition coefficient (Wildman–Crippen LogP) is 2.69. The molecule has 0 saturated carbocycles. The van der Waals surface area contributed by atoms with Crippen LogP contribution >= 0.6 is 0 Å². The van der Waals surface area contributed by atoms with Crippen LogP contribution in [0.5, 0.6) is 11.5 Å². The van der Waals surface area contributed by atoms with Crippen LogP contribution in [0, 0.1) is 5.92 Å². The van der Waals surface area contributed by atoms with Gasteiger partial charge in [0.05, 0.1) is 19.8 Å². The van der Waals surface area contributed by atoms with Crippen LogP contribution in [-0.4, -0.2) is 42.9 Å². The fraction of sp³-hybridized carbons (Fsp3) is 0.647. The third-order valence-electron chi connectivity index (χ3n) is 4.40. The largest absolute Gasteiger partial charge is 0.497 e. The quantitative estimate of drug-likeness (QED) is 0.906. The highest BCUT2D eigenvalue weighted by molar-refractivity contribution is 5.38. The Labute approximate surface area is 127 Å². The molecule has 1 N–H and O–H groups in total.